The van der Waals surface area contributed by atoms with Crippen molar-refractivity contribution in [3.63, 3.8) is 0 Å². The number of carbonyl (C=O) groups excluding carboxylic acids is 1. The van der Waals surface area contributed by atoms with Crippen LogP contribution in [0.2, 0.25) is 0 Å². The van der Waals surface area contributed by atoms with Crippen LogP contribution in [0.4, 0.5) is 11.4 Å². The van der Waals surface area contributed by atoms with Gasteiger partial charge in [-0.05, 0) is 80.5 Å². The van der Waals surface area contributed by atoms with Gasteiger partial charge in [0.15, 0.2) is 0 Å². The molecular formula is C25H26IN3O2. The maximum Gasteiger partial charge on any atom is 0.231 e. The number of hydrogen-bond donors (Lipinski definition) is 0. The molecule has 2 heterocycles. The summed E-state index contributed by atoms with van der Waals surface area (Å²) in [4.78, 5) is 17.1. The molecule has 1 saturated carbocycles. The number of anilines is 2. The average molecular weight is 527 g/mol. The Labute approximate surface area is 197 Å². The predicted octanol–water partition coefficient (Wildman–Crippen LogP) is 5.33. The molecule has 1 saturated heterocycles. The van der Waals surface area contributed by atoms with Crippen LogP contribution in [0.15, 0.2) is 42.5 Å². The number of benzene rings is 2. The Morgan fingerprint density at radius 2 is 1.90 bits per heavy atom. The molecule has 0 spiro atoms. The van der Waals surface area contributed by atoms with Gasteiger partial charge in [-0.3, -0.25) is 14.6 Å². The molecule has 0 radical (unpaired) electrons. The highest BCUT2D eigenvalue weighted by atomic mass is 127. The lowest BCUT2D eigenvalue weighted by Crippen LogP contribution is -2.53. The largest absolute Gasteiger partial charge is 0.490 e. The molecule has 1 amide bonds. The van der Waals surface area contributed by atoms with Crippen molar-refractivity contribution in [2.75, 3.05) is 18.0 Å². The summed E-state index contributed by atoms with van der Waals surface area (Å²) >= 11 is 2.65. The Hall–Kier alpha value is -2.11. The number of nitriles is 1. The van der Waals surface area contributed by atoms with Crippen LogP contribution in [-0.2, 0) is 11.2 Å². The standard InChI is InChI=1S/C25H26IN3O2/c26-25(11-2-12-25)28-13-9-21(10-14-28)31-22-6-7-23-19(16-22)5-8-24(30)29(23)20-4-1-3-18(15-20)17-27/h1,3-4,6-7,15-16,21H,2,5,8-14H2. The van der Waals surface area contributed by atoms with Crippen molar-refractivity contribution >= 4 is 39.9 Å². The minimum Gasteiger partial charge on any atom is -0.490 e. The zero-order valence-corrected chi connectivity index (χ0v) is 19.7. The average Bonchev–Trinajstić information content (AvgIpc) is 2.78. The molecule has 3 aliphatic rings. The number of halogens is 1. The molecule has 0 aromatic heterocycles. The minimum atomic E-state index is 0.0624. The maximum atomic E-state index is 12.7. The topological polar surface area (TPSA) is 56.6 Å². The van der Waals surface area contributed by atoms with E-state index in [1.54, 1.807) is 17.0 Å². The Balaban J connectivity index is 1.30. The SMILES string of the molecule is N#Cc1cccc(N2C(=O)CCc3cc(OC4CCN(C5(I)CCC5)CC4)ccc32)c1. The first-order chi connectivity index (χ1) is 15.1. The summed E-state index contributed by atoms with van der Waals surface area (Å²) in [5, 5.41) is 9.22. The zero-order valence-electron chi connectivity index (χ0n) is 17.5. The predicted molar refractivity (Wildman–Crippen MR) is 129 cm³/mol. The van der Waals surface area contributed by atoms with E-state index >= 15 is 0 Å². The van der Waals surface area contributed by atoms with Gasteiger partial charge in [0, 0.05) is 19.5 Å². The first-order valence-electron chi connectivity index (χ1n) is 11.1. The molecule has 5 nitrogen and oxygen atoms in total. The lowest BCUT2D eigenvalue weighted by Gasteiger charge is -2.48. The van der Waals surface area contributed by atoms with Gasteiger partial charge in [-0.2, -0.15) is 5.26 Å². The normalized spacial score (nSPS) is 21.2. The Morgan fingerprint density at radius 3 is 2.61 bits per heavy atom. The summed E-state index contributed by atoms with van der Waals surface area (Å²) in [7, 11) is 0. The zero-order chi connectivity index (χ0) is 21.4. The third kappa shape index (κ3) is 4.06. The van der Waals surface area contributed by atoms with E-state index in [2.05, 4.69) is 39.6 Å². The van der Waals surface area contributed by atoms with E-state index in [0.29, 0.717) is 15.5 Å². The molecule has 1 aliphatic carbocycles. The maximum absolute atomic E-state index is 12.7. The minimum absolute atomic E-state index is 0.0624. The van der Waals surface area contributed by atoms with Gasteiger partial charge in [0.25, 0.3) is 0 Å². The smallest absolute Gasteiger partial charge is 0.231 e. The first-order valence-corrected chi connectivity index (χ1v) is 12.2. The number of aryl methyl sites for hydroxylation is 1. The van der Waals surface area contributed by atoms with Crippen LogP contribution in [0.25, 0.3) is 0 Å². The van der Waals surface area contributed by atoms with Gasteiger partial charge < -0.3 is 4.74 Å². The lowest BCUT2D eigenvalue weighted by atomic mass is 9.89. The van der Waals surface area contributed by atoms with Crippen LogP contribution in [0.1, 0.15) is 49.7 Å². The van der Waals surface area contributed by atoms with Gasteiger partial charge in [-0.15, -0.1) is 0 Å². The van der Waals surface area contributed by atoms with E-state index in [1.807, 2.05) is 24.3 Å². The summed E-state index contributed by atoms with van der Waals surface area (Å²) in [6, 6.07) is 15.5. The van der Waals surface area contributed by atoms with Crippen LogP contribution in [0, 0.1) is 11.3 Å². The second kappa shape index (κ2) is 8.44. The van der Waals surface area contributed by atoms with Gasteiger partial charge in [-0.25, -0.2) is 0 Å². The number of hydrogen-bond acceptors (Lipinski definition) is 4. The number of rotatable bonds is 4. The van der Waals surface area contributed by atoms with Crippen LogP contribution in [0.3, 0.4) is 0 Å². The van der Waals surface area contributed by atoms with E-state index in [9.17, 15) is 10.1 Å². The quantitative estimate of drug-likeness (QED) is 0.307. The van der Waals surface area contributed by atoms with Crippen molar-refractivity contribution in [3.8, 4) is 11.8 Å². The highest BCUT2D eigenvalue weighted by Crippen LogP contribution is 2.45. The fourth-order valence-corrected chi connectivity index (χ4v) is 6.14. The number of ether oxygens (including phenoxy) is 1. The number of amides is 1. The third-order valence-corrected chi connectivity index (χ3v) is 8.58. The van der Waals surface area contributed by atoms with Crippen molar-refractivity contribution in [2.45, 2.75) is 54.6 Å². The number of fused-ring (bicyclic) bond motifs is 1. The number of likely N-dealkylation sites (tertiary alicyclic amines) is 1. The monoisotopic (exact) mass is 527 g/mol. The van der Waals surface area contributed by atoms with Crippen molar-refractivity contribution in [3.05, 3.63) is 53.6 Å². The lowest BCUT2D eigenvalue weighted by molar-refractivity contribution is -0.118. The fraction of sp³-hybridized carbons (Fsp3) is 0.440. The van der Waals surface area contributed by atoms with E-state index in [1.165, 1.54) is 19.3 Å². The van der Waals surface area contributed by atoms with Crippen LogP contribution >= 0.6 is 22.6 Å². The third-order valence-electron chi connectivity index (χ3n) is 6.81. The molecule has 2 aromatic rings. The second-order valence-electron chi connectivity index (χ2n) is 8.76. The first kappa shape index (κ1) is 20.8. The van der Waals surface area contributed by atoms with Gasteiger partial charge in [-0.1, -0.05) is 28.7 Å². The second-order valence-corrected chi connectivity index (χ2v) is 10.8. The molecule has 6 heteroatoms. The van der Waals surface area contributed by atoms with Gasteiger partial charge >= 0.3 is 0 Å². The van der Waals surface area contributed by atoms with Crippen molar-refractivity contribution in [1.29, 1.82) is 5.26 Å². The van der Waals surface area contributed by atoms with Crippen LogP contribution in [0.5, 0.6) is 5.75 Å². The number of carbonyl (C=O) groups is 1. The Kier molecular flexibility index (Phi) is 5.65. The molecular weight excluding hydrogens is 501 g/mol. The highest BCUT2D eigenvalue weighted by molar-refractivity contribution is 14.1. The summed E-state index contributed by atoms with van der Waals surface area (Å²) in [5.41, 5.74) is 3.32. The number of piperidine rings is 1. The molecule has 0 N–H and O–H groups in total. The van der Waals surface area contributed by atoms with E-state index in [-0.39, 0.29) is 12.0 Å². The number of nitrogens with zero attached hydrogens (tertiary/aromatic N) is 3. The van der Waals surface area contributed by atoms with Crippen molar-refractivity contribution in [1.82, 2.24) is 4.90 Å². The molecule has 5 rings (SSSR count). The molecule has 160 valence electrons. The molecule has 0 unspecified atom stereocenters. The van der Waals surface area contributed by atoms with Gasteiger partial charge in [0.1, 0.15) is 11.9 Å². The van der Waals surface area contributed by atoms with E-state index in [4.69, 9.17) is 4.74 Å². The summed E-state index contributed by atoms with van der Waals surface area (Å²) in [6.07, 6.45) is 7.55. The molecule has 31 heavy (non-hydrogen) atoms. The molecule has 2 aliphatic heterocycles. The summed E-state index contributed by atoms with van der Waals surface area (Å²) in [6.45, 7) is 2.21. The van der Waals surface area contributed by atoms with Gasteiger partial charge in [0.05, 0.1) is 26.6 Å². The molecule has 2 aromatic carbocycles. The Bertz CT molecular complexity index is 1040. The Morgan fingerprint density at radius 1 is 1.10 bits per heavy atom. The van der Waals surface area contributed by atoms with Crippen molar-refractivity contribution in [2.24, 2.45) is 0 Å². The summed E-state index contributed by atoms with van der Waals surface area (Å²) < 4.78 is 6.76. The van der Waals surface area contributed by atoms with E-state index < -0.39 is 0 Å². The highest BCUT2D eigenvalue weighted by Gasteiger charge is 2.41. The fourth-order valence-electron chi connectivity index (χ4n) is 4.89. The molecule has 2 fully saturated rings. The van der Waals surface area contributed by atoms with E-state index in [0.717, 1.165) is 55.0 Å². The van der Waals surface area contributed by atoms with Crippen molar-refractivity contribution < 1.29 is 9.53 Å². The number of alkyl halides is 1. The van der Waals surface area contributed by atoms with Gasteiger partial charge in [0.2, 0.25) is 5.91 Å². The van der Waals surface area contributed by atoms with Crippen LogP contribution in [-0.4, -0.2) is 33.5 Å². The molecule has 0 bridgehead atoms. The van der Waals surface area contributed by atoms with Crippen LogP contribution < -0.4 is 9.64 Å². The molecule has 0 atom stereocenters. The summed E-state index contributed by atoms with van der Waals surface area (Å²) in [5.74, 6) is 0.956.